The van der Waals surface area contributed by atoms with Gasteiger partial charge in [-0.3, -0.25) is 0 Å². The molecule has 0 unspecified atom stereocenters. The highest BCUT2D eigenvalue weighted by molar-refractivity contribution is 7.71. The topological polar surface area (TPSA) is 44.7 Å². The molecule has 0 aliphatic heterocycles. The van der Waals surface area contributed by atoms with Crippen molar-refractivity contribution in [1.29, 1.82) is 0 Å². The second-order valence-corrected chi connectivity index (χ2v) is 0.987. The molecule has 0 aliphatic carbocycles. The molecule has 0 saturated heterocycles. The van der Waals surface area contributed by atoms with E-state index in [4.69, 9.17) is 0 Å². The molecular weight excluding hydrogens is 88.1 g/mol. The maximum absolute atomic E-state index is 4.39. The van der Waals surface area contributed by atoms with Gasteiger partial charge >= 0.3 is 4.84 Å². The summed E-state index contributed by atoms with van der Waals surface area (Å²) >= 11 is 4.39. The third kappa shape index (κ3) is 0.257. The first-order valence-corrected chi connectivity index (χ1v) is 1.52. The van der Waals surface area contributed by atoms with Gasteiger partial charge in [0.25, 0.3) is 0 Å². The Hall–Kier alpha value is -0.510. The van der Waals surface area contributed by atoms with Gasteiger partial charge in [-0.25, -0.2) is 5.10 Å². The Morgan fingerprint density at radius 2 is 2.20 bits per heavy atom. The lowest BCUT2D eigenvalue weighted by atomic mass is 11.5. The van der Waals surface area contributed by atoms with Crippen LogP contribution in [0.4, 0.5) is 0 Å². The first-order valence-electron chi connectivity index (χ1n) is 1.11. The fourth-order valence-corrected chi connectivity index (χ4v) is 0.176. The van der Waals surface area contributed by atoms with Crippen molar-refractivity contribution in [1.82, 2.24) is 10.4 Å². The minimum absolute atomic E-state index is 0.407. The molecule has 1 rings (SSSR count). The zero-order chi connectivity index (χ0) is 3.70. The number of rotatable bonds is 0. The molecule has 0 fully saturated rings. The maximum Gasteiger partial charge on any atom is 0.309 e. The Morgan fingerprint density at radius 3 is 2.20 bits per heavy atom. The minimum Gasteiger partial charge on any atom is -0.334 e. The molecule has 1 aromatic rings. The molecule has 0 bridgehead atoms. The number of H-pyrrole nitrogens is 2. The largest absolute Gasteiger partial charge is 0.334 e. The van der Waals surface area contributed by atoms with Crippen LogP contribution in [0.3, 0.4) is 0 Å². The maximum atomic E-state index is 4.39. The number of nitrogens with one attached hydrogen (secondary N) is 2. The van der Waals surface area contributed by atoms with E-state index in [1.807, 2.05) is 0 Å². The second-order valence-electron chi connectivity index (χ2n) is 0.617. The third-order valence-corrected chi connectivity index (χ3v) is 0.482. The molecule has 0 atom stereocenters. The molecule has 0 aromatic carbocycles. The standard InChI is InChI=1S/CH2N2OS/c5-1-2-3-4-1/h3H,(H,2,5). The summed E-state index contributed by atoms with van der Waals surface area (Å²) in [4.78, 5) is 0.407. The summed E-state index contributed by atoms with van der Waals surface area (Å²) in [5.41, 5.74) is 0. The molecule has 0 radical (unpaired) electrons. The van der Waals surface area contributed by atoms with Gasteiger partial charge in [-0.05, 0) is 12.2 Å². The van der Waals surface area contributed by atoms with Crippen LogP contribution in [0.2, 0.25) is 0 Å². The monoisotopic (exact) mass is 90.0 g/mol. The van der Waals surface area contributed by atoms with Crippen LogP contribution < -0.4 is 0 Å². The summed E-state index contributed by atoms with van der Waals surface area (Å²) in [5, 5.41) is 4.74. The van der Waals surface area contributed by atoms with Crippen molar-refractivity contribution in [3.05, 3.63) is 4.84 Å². The number of aromatic nitrogens is 2. The van der Waals surface area contributed by atoms with Gasteiger partial charge in [0.2, 0.25) is 0 Å². The molecule has 4 heteroatoms. The van der Waals surface area contributed by atoms with Crippen molar-refractivity contribution in [2.24, 2.45) is 0 Å². The van der Waals surface area contributed by atoms with E-state index in [0.717, 1.165) is 0 Å². The lowest BCUT2D eigenvalue weighted by Gasteiger charge is -1.81. The highest BCUT2D eigenvalue weighted by atomic mass is 32.1. The van der Waals surface area contributed by atoms with E-state index in [1.165, 1.54) is 0 Å². The lowest BCUT2D eigenvalue weighted by molar-refractivity contribution is 0.266. The average molecular weight is 90.1 g/mol. The molecule has 1 aromatic heterocycles. The summed E-state index contributed by atoms with van der Waals surface area (Å²) in [7, 11) is 0. The predicted octanol–water partition coefficient (Wildman–Crippen LogP) is 0.665. The number of hydrogen-bond acceptors (Lipinski definition) is 2. The SMILES string of the molecule is S=c1[nH][nH]o1. The molecule has 3 nitrogen and oxygen atoms in total. The van der Waals surface area contributed by atoms with Gasteiger partial charge in [-0.1, -0.05) is 0 Å². The van der Waals surface area contributed by atoms with Gasteiger partial charge in [-0.15, -0.1) is 0 Å². The average Bonchev–Trinajstić information content (AvgIpc) is 1.30. The first kappa shape index (κ1) is 2.71. The Bertz CT molecular complexity index is 124. The summed E-state index contributed by atoms with van der Waals surface area (Å²) in [5.74, 6) is 0. The zero-order valence-electron chi connectivity index (χ0n) is 2.32. The summed E-state index contributed by atoms with van der Waals surface area (Å²) in [6.45, 7) is 0. The molecule has 2 N–H and O–H groups in total. The number of hydrogen-bond donors (Lipinski definition) is 2. The Morgan fingerprint density at radius 1 is 1.80 bits per heavy atom. The molecule has 0 spiro atoms. The summed E-state index contributed by atoms with van der Waals surface area (Å²) in [6.07, 6.45) is 0. The van der Waals surface area contributed by atoms with E-state index < -0.39 is 0 Å². The van der Waals surface area contributed by atoms with Crippen molar-refractivity contribution in [2.75, 3.05) is 0 Å². The van der Waals surface area contributed by atoms with E-state index in [9.17, 15) is 0 Å². The van der Waals surface area contributed by atoms with Crippen LogP contribution in [-0.2, 0) is 0 Å². The van der Waals surface area contributed by atoms with Crippen molar-refractivity contribution in [2.45, 2.75) is 0 Å². The molecule has 0 saturated carbocycles. The Balaban J connectivity index is 3.29. The van der Waals surface area contributed by atoms with Gasteiger partial charge < -0.3 is 4.52 Å². The van der Waals surface area contributed by atoms with Crippen LogP contribution in [0.1, 0.15) is 0 Å². The van der Waals surface area contributed by atoms with E-state index >= 15 is 0 Å². The number of aromatic amines is 2. The van der Waals surface area contributed by atoms with Crippen LogP contribution in [0, 0.1) is 4.84 Å². The minimum atomic E-state index is 0.407. The molecule has 0 amide bonds. The Kier molecular flexibility index (Phi) is 0.390. The van der Waals surface area contributed by atoms with Crippen molar-refractivity contribution >= 4 is 12.2 Å². The van der Waals surface area contributed by atoms with Crippen molar-refractivity contribution in [3.8, 4) is 0 Å². The summed E-state index contributed by atoms with van der Waals surface area (Å²) < 4.78 is 4.30. The second kappa shape index (κ2) is 0.718. The molecular formula is CH2N2OS. The fourth-order valence-electron chi connectivity index (χ4n) is 0.0927. The quantitative estimate of drug-likeness (QED) is 0.460. The van der Waals surface area contributed by atoms with Crippen LogP contribution in [0.25, 0.3) is 0 Å². The van der Waals surface area contributed by atoms with E-state index in [1.54, 1.807) is 0 Å². The van der Waals surface area contributed by atoms with Crippen molar-refractivity contribution < 1.29 is 4.52 Å². The van der Waals surface area contributed by atoms with Gasteiger partial charge in [0.1, 0.15) is 0 Å². The van der Waals surface area contributed by atoms with E-state index in [0.29, 0.717) is 4.84 Å². The smallest absolute Gasteiger partial charge is 0.309 e. The predicted molar refractivity (Wildman–Crippen MR) is 18.2 cm³/mol. The molecule has 28 valence electrons. The normalized spacial score (nSPS) is 8.80. The van der Waals surface area contributed by atoms with E-state index in [2.05, 4.69) is 27.1 Å². The van der Waals surface area contributed by atoms with Crippen LogP contribution in [0.5, 0.6) is 0 Å². The van der Waals surface area contributed by atoms with Gasteiger partial charge in [-0.2, -0.15) is 5.27 Å². The third-order valence-electron chi connectivity index (χ3n) is 0.297. The Labute approximate surface area is 32.9 Å². The highest BCUT2D eigenvalue weighted by Gasteiger charge is 1.68. The molecule has 5 heavy (non-hydrogen) atoms. The van der Waals surface area contributed by atoms with Gasteiger partial charge in [0.15, 0.2) is 0 Å². The van der Waals surface area contributed by atoms with E-state index in [-0.39, 0.29) is 0 Å². The van der Waals surface area contributed by atoms with Crippen LogP contribution in [0.15, 0.2) is 4.52 Å². The van der Waals surface area contributed by atoms with Crippen LogP contribution in [-0.4, -0.2) is 10.4 Å². The first-order chi connectivity index (χ1) is 2.39. The van der Waals surface area contributed by atoms with Crippen LogP contribution >= 0.6 is 12.2 Å². The van der Waals surface area contributed by atoms with Gasteiger partial charge in [0.05, 0.1) is 0 Å². The fraction of sp³-hybridized carbons (Fsp3) is 0. The lowest BCUT2D eigenvalue weighted by Crippen LogP contribution is -1.81. The van der Waals surface area contributed by atoms with Gasteiger partial charge in [0, 0.05) is 0 Å². The highest BCUT2D eigenvalue weighted by Crippen LogP contribution is 1.73. The van der Waals surface area contributed by atoms with Crippen molar-refractivity contribution in [3.63, 3.8) is 0 Å². The zero-order valence-corrected chi connectivity index (χ0v) is 3.13. The molecule has 0 aliphatic rings. The summed E-state index contributed by atoms with van der Waals surface area (Å²) in [6, 6.07) is 0. The molecule has 1 heterocycles.